The second-order valence-electron chi connectivity index (χ2n) is 5.18. The zero-order chi connectivity index (χ0) is 13.3. The van der Waals surface area contributed by atoms with E-state index < -0.39 is 36.2 Å². The van der Waals surface area contributed by atoms with Crippen LogP contribution in [0.3, 0.4) is 0 Å². The van der Waals surface area contributed by atoms with E-state index in [0.717, 1.165) is 0 Å². The van der Waals surface area contributed by atoms with Gasteiger partial charge in [0.15, 0.2) is 0 Å². The molecule has 6 heteroatoms. The van der Waals surface area contributed by atoms with Gasteiger partial charge in [-0.3, -0.25) is 4.79 Å². The molecule has 1 aliphatic heterocycles. The highest BCUT2D eigenvalue weighted by molar-refractivity contribution is 5.85. The monoisotopic (exact) mass is 261 g/mol. The van der Waals surface area contributed by atoms with Crippen LogP contribution in [0.4, 0.5) is 8.78 Å². The van der Waals surface area contributed by atoms with Crippen LogP contribution in [0.15, 0.2) is 0 Å². The predicted molar refractivity (Wildman–Crippen MR) is 59.3 cm³/mol. The summed E-state index contributed by atoms with van der Waals surface area (Å²) < 4.78 is 26.5. The Hall–Kier alpha value is -1.20. The minimum Gasteiger partial charge on any atom is -0.480 e. The van der Waals surface area contributed by atoms with Crippen molar-refractivity contribution < 1.29 is 23.5 Å². The Balaban J connectivity index is 2.04. The van der Waals surface area contributed by atoms with Gasteiger partial charge in [0.05, 0.1) is 0 Å². The van der Waals surface area contributed by atoms with Gasteiger partial charge >= 0.3 is 5.97 Å². The summed E-state index contributed by atoms with van der Waals surface area (Å²) in [6.07, 6.45) is 1.22. The summed E-state index contributed by atoms with van der Waals surface area (Å²) in [7, 11) is 0. The molecule has 1 aliphatic carbocycles. The van der Waals surface area contributed by atoms with Gasteiger partial charge in [0.1, 0.15) is 6.04 Å². The summed E-state index contributed by atoms with van der Waals surface area (Å²) in [5.41, 5.74) is 0. The van der Waals surface area contributed by atoms with Gasteiger partial charge in [-0.05, 0) is 25.7 Å². The van der Waals surface area contributed by atoms with E-state index in [1.54, 1.807) is 0 Å². The number of hydrogen-bond donors (Lipinski definition) is 1. The molecule has 4 nitrogen and oxygen atoms in total. The van der Waals surface area contributed by atoms with E-state index >= 15 is 0 Å². The number of carbonyl (C=O) groups is 2. The zero-order valence-electron chi connectivity index (χ0n) is 10.1. The van der Waals surface area contributed by atoms with Crippen LogP contribution < -0.4 is 0 Å². The lowest BCUT2D eigenvalue weighted by molar-refractivity contribution is -0.153. The Morgan fingerprint density at radius 2 is 1.94 bits per heavy atom. The third-order valence-electron chi connectivity index (χ3n) is 3.81. The molecule has 0 radical (unpaired) electrons. The standard InChI is InChI=1S/C12H17F2NO3/c13-12(14)5-1-3-8(7-12)10(16)15-6-2-4-9(15)11(17)18/h8-9H,1-7H2,(H,17,18)/t8?,9-/m0/s1. The first-order chi connectivity index (χ1) is 8.41. The molecule has 1 saturated heterocycles. The van der Waals surface area contributed by atoms with Crippen molar-refractivity contribution in [2.75, 3.05) is 6.54 Å². The molecular formula is C12H17F2NO3. The van der Waals surface area contributed by atoms with Gasteiger partial charge in [0, 0.05) is 25.3 Å². The maximum absolute atomic E-state index is 13.3. The lowest BCUT2D eigenvalue weighted by Gasteiger charge is -2.32. The summed E-state index contributed by atoms with van der Waals surface area (Å²) in [6, 6.07) is -0.826. The first-order valence-corrected chi connectivity index (χ1v) is 6.32. The highest BCUT2D eigenvalue weighted by Crippen LogP contribution is 2.38. The molecular weight excluding hydrogens is 244 g/mol. The molecule has 0 bridgehead atoms. The van der Waals surface area contributed by atoms with Crippen molar-refractivity contribution in [1.82, 2.24) is 4.90 Å². The van der Waals surface area contributed by atoms with E-state index in [-0.39, 0.29) is 6.42 Å². The number of aliphatic carboxylic acids is 1. The molecule has 2 atom stereocenters. The Kier molecular flexibility index (Phi) is 3.54. The maximum atomic E-state index is 13.3. The van der Waals surface area contributed by atoms with E-state index in [4.69, 9.17) is 5.11 Å². The van der Waals surface area contributed by atoms with E-state index in [1.165, 1.54) is 4.90 Å². The van der Waals surface area contributed by atoms with Gasteiger partial charge in [-0.25, -0.2) is 13.6 Å². The quantitative estimate of drug-likeness (QED) is 0.825. The lowest BCUT2D eigenvalue weighted by atomic mass is 9.85. The summed E-state index contributed by atoms with van der Waals surface area (Å²) in [4.78, 5) is 24.4. The van der Waals surface area contributed by atoms with Crippen LogP contribution in [0.2, 0.25) is 0 Å². The molecule has 2 aliphatic rings. The van der Waals surface area contributed by atoms with Crippen molar-refractivity contribution in [3.05, 3.63) is 0 Å². The second kappa shape index (κ2) is 4.82. The molecule has 0 aromatic rings. The minimum absolute atomic E-state index is 0.168. The normalized spacial score (nSPS) is 31.3. The largest absolute Gasteiger partial charge is 0.480 e. The highest BCUT2D eigenvalue weighted by Gasteiger charge is 2.43. The zero-order valence-corrected chi connectivity index (χ0v) is 10.1. The van der Waals surface area contributed by atoms with Gasteiger partial charge < -0.3 is 10.0 Å². The molecule has 18 heavy (non-hydrogen) atoms. The van der Waals surface area contributed by atoms with Crippen molar-refractivity contribution in [3.63, 3.8) is 0 Å². The molecule has 2 fully saturated rings. The van der Waals surface area contributed by atoms with E-state index in [9.17, 15) is 18.4 Å². The summed E-state index contributed by atoms with van der Waals surface area (Å²) in [6.45, 7) is 0.373. The van der Waals surface area contributed by atoms with Crippen LogP contribution in [0, 0.1) is 5.92 Å². The maximum Gasteiger partial charge on any atom is 0.326 e. The Labute approximate surface area is 104 Å². The third-order valence-corrected chi connectivity index (χ3v) is 3.81. The number of likely N-dealkylation sites (tertiary alicyclic amines) is 1. The van der Waals surface area contributed by atoms with Crippen LogP contribution in [-0.2, 0) is 9.59 Å². The fourth-order valence-electron chi connectivity index (χ4n) is 2.90. The van der Waals surface area contributed by atoms with Crippen molar-refractivity contribution in [2.45, 2.75) is 50.5 Å². The van der Waals surface area contributed by atoms with Gasteiger partial charge in [-0.1, -0.05) is 0 Å². The smallest absolute Gasteiger partial charge is 0.326 e. The summed E-state index contributed by atoms with van der Waals surface area (Å²) in [5.74, 6) is -4.94. The first kappa shape index (κ1) is 13.2. The van der Waals surface area contributed by atoms with Gasteiger partial charge in [0.2, 0.25) is 11.8 Å². The van der Waals surface area contributed by atoms with Crippen LogP contribution in [-0.4, -0.2) is 40.4 Å². The lowest BCUT2D eigenvalue weighted by Crippen LogP contribution is -2.45. The molecule has 1 heterocycles. The van der Waals surface area contributed by atoms with Crippen molar-refractivity contribution in [2.24, 2.45) is 5.92 Å². The average Bonchev–Trinajstić information content (AvgIpc) is 2.75. The Bertz CT molecular complexity index is 359. The fourth-order valence-corrected chi connectivity index (χ4v) is 2.90. The topological polar surface area (TPSA) is 57.6 Å². The number of amides is 1. The van der Waals surface area contributed by atoms with E-state index in [0.29, 0.717) is 32.2 Å². The van der Waals surface area contributed by atoms with Gasteiger partial charge in [-0.2, -0.15) is 0 Å². The molecule has 1 amide bonds. The summed E-state index contributed by atoms with van der Waals surface area (Å²) >= 11 is 0. The fraction of sp³-hybridized carbons (Fsp3) is 0.833. The molecule has 0 aromatic carbocycles. The van der Waals surface area contributed by atoms with Gasteiger partial charge in [0.25, 0.3) is 0 Å². The number of rotatable bonds is 2. The SMILES string of the molecule is O=C(O)[C@@H]1CCCN1C(=O)C1CCCC(F)(F)C1. The minimum atomic E-state index is -2.78. The Morgan fingerprint density at radius 1 is 1.22 bits per heavy atom. The molecule has 0 spiro atoms. The number of carboxylic acid groups (broad SMARTS) is 1. The molecule has 1 unspecified atom stereocenters. The number of hydrogen-bond acceptors (Lipinski definition) is 2. The Morgan fingerprint density at radius 3 is 2.56 bits per heavy atom. The third kappa shape index (κ3) is 2.62. The molecule has 0 aromatic heterocycles. The number of carboxylic acids is 1. The van der Waals surface area contributed by atoms with Crippen LogP contribution in [0.5, 0.6) is 0 Å². The molecule has 1 saturated carbocycles. The van der Waals surface area contributed by atoms with E-state index in [1.807, 2.05) is 0 Å². The van der Waals surface area contributed by atoms with Crippen molar-refractivity contribution >= 4 is 11.9 Å². The molecule has 102 valence electrons. The van der Waals surface area contributed by atoms with Crippen molar-refractivity contribution in [1.29, 1.82) is 0 Å². The van der Waals surface area contributed by atoms with E-state index in [2.05, 4.69) is 0 Å². The second-order valence-corrected chi connectivity index (χ2v) is 5.18. The highest BCUT2D eigenvalue weighted by atomic mass is 19.3. The molecule has 1 N–H and O–H groups in total. The van der Waals surface area contributed by atoms with Gasteiger partial charge in [-0.15, -0.1) is 0 Å². The first-order valence-electron chi connectivity index (χ1n) is 6.32. The van der Waals surface area contributed by atoms with Crippen molar-refractivity contribution in [3.8, 4) is 0 Å². The predicted octanol–water partition coefficient (Wildman–Crippen LogP) is 1.89. The van der Waals surface area contributed by atoms with Crippen LogP contribution >= 0.6 is 0 Å². The molecule has 2 rings (SSSR count). The number of carbonyl (C=O) groups excluding carboxylic acids is 1. The number of alkyl halides is 2. The number of nitrogens with zero attached hydrogens (tertiary/aromatic N) is 1. The van der Waals surface area contributed by atoms with Crippen LogP contribution in [0.25, 0.3) is 0 Å². The summed E-state index contributed by atoms with van der Waals surface area (Å²) in [5, 5.41) is 8.99. The number of halogens is 2. The van der Waals surface area contributed by atoms with Crippen LogP contribution in [0.1, 0.15) is 38.5 Å². The average molecular weight is 261 g/mol.